The lowest BCUT2D eigenvalue weighted by Gasteiger charge is -2.08. The molecule has 0 aromatic carbocycles. The Hall–Kier alpha value is -2.70. The minimum absolute atomic E-state index is 0.00294. The number of carbonyl (C=O) groups excluding carboxylic acids is 3. The molecule has 0 aliphatic rings. The highest BCUT2D eigenvalue weighted by molar-refractivity contribution is 6.04. The zero-order valence-corrected chi connectivity index (χ0v) is 12.6. The molecule has 2 rings (SSSR count). The number of hydrogen-bond donors (Lipinski definition) is 0. The summed E-state index contributed by atoms with van der Waals surface area (Å²) < 4.78 is 11.5. The topological polar surface area (TPSA) is 87.0 Å². The van der Waals surface area contributed by atoms with E-state index in [2.05, 4.69) is 5.10 Å². The molecule has 7 heteroatoms. The molecule has 7 nitrogen and oxygen atoms in total. The summed E-state index contributed by atoms with van der Waals surface area (Å²) in [4.78, 5) is 34.4. The van der Waals surface area contributed by atoms with E-state index in [4.69, 9.17) is 9.47 Å². The summed E-state index contributed by atoms with van der Waals surface area (Å²) in [5, 5.41) is 4.13. The van der Waals surface area contributed by atoms with E-state index in [1.165, 1.54) is 11.4 Å². The standard InChI is InChI=1S/C15H16N2O5/c1-4-21-15(20)13-12(7-18)16-17-9(2)5-6-11(14(13)17)8-22-10(3)19/h5-7H,4,8H2,1-3H3. The van der Waals surface area contributed by atoms with Crippen molar-refractivity contribution in [1.82, 2.24) is 9.61 Å². The highest BCUT2D eigenvalue weighted by Crippen LogP contribution is 2.23. The van der Waals surface area contributed by atoms with Crippen molar-refractivity contribution < 1.29 is 23.9 Å². The van der Waals surface area contributed by atoms with E-state index in [9.17, 15) is 14.4 Å². The van der Waals surface area contributed by atoms with Crippen LogP contribution in [-0.2, 0) is 20.9 Å². The molecule has 0 fully saturated rings. The Balaban J connectivity index is 2.68. The summed E-state index contributed by atoms with van der Waals surface area (Å²) in [6.07, 6.45) is 0.508. The van der Waals surface area contributed by atoms with Crippen LogP contribution in [0.25, 0.3) is 5.52 Å². The van der Waals surface area contributed by atoms with Gasteiger partial charge in [-0.15, -0.1) is 0 Å². The van der Waals surface area contributed by atoms with Crippen LogP contribution in [0.1, 0.15) is 46.0 Å². The first kappa shape index (κ1) is 15.7. The molecular weight excluding hydrogens is 288 g/mol. The van der Waals surface area contributed by atoms with Crippen molar-refractivity contribution in [3.63, 3.8) is 0 Å². The third-order valence-corrected chi connectivity index (χ3v) is 3.10. The van der Waals surface area contributed by atoms with Crippen molar-refractivity contribution in [1.29, 1.82) is 0 Å². The average Bonchev–Trinajstić information content (AvgIpc) is 2.87. The molecule has 0 saturated carbocycles. The van der Waals surface area contributed by atoms with E-state index < -0.39 is 11.9 Å². The van der Waals surface area contributed by atoms with Crippen molar-refractivity contribution >= 4 is 23.7 Å². The van der Waals surface area contributed by atoms with Crippen LogP contribution >= 0.6 is 0 Å². The summed E-state index contributed by atoms with van der Waals surface area (Å²) in [6, 6.07) is 3.49. The third kappa shape index (κ3) is 2.83. The molecular formula is C15H16N2O5. The van der Waals surface area contributed by atoms with Crippen LogP contribution in [0.2, 0.25) is 0 Å². The van der Waals surface area contributed by atoms with Gasteiger partial charge in [-0.25, -0.2) is 9.31 Å². The fraction of sp³-hybridized carbons (Fsp3) is 0.333. The second-order valence-electron chi connectivity index (χ2n) is 4.64. The molecule has 0 aliphatic carbocycles. The maximum absolute atomic E-state index is 12.2. The fourth-order valence-electron chi connectivity index (χ4n) is 2.14. The van der Waals surface area contributed by atoms with Gasteiger partial charge in [0, 0.05) is 18.2 Å². The number of aromatic nitrogens is 2. The van der Waals surface area contributed by atoms with Crippen molar-refractivity contribution in [2.24, 2.45) is 0 Å². The Bertz CT molecular complexity index is 748. The summed E-state index contributed by atoms with van der Waals surface area (Å²) in [7, 11) is 0. The van der Waals surface area contributed by atoms with Crippen LogP contribution in [0.5, 0.6) is 0 Å². The van der Waals surface area contributed by atoms with Gasteiger partial charge in [0.2, 0.25) is 0 Å². The van der Waals surface area contributed by atoms with Crippen LogP contribution in [-0.4, -0.2) is 34.4 Å². The van der Waals surface area contributed by atoms with E-state index in [-0.39, 0.29) is 24.5 Å². The number of pyridine rings is 1. The van der Waals surface area contributed by atoms with Gasteiger partial charge in [0.1, 0.15) is 17.9 Å². The summed E-state index contributed by atoms with van der Waals surface area (Å²) in [6.45, 7) is 4.92. The molecule has 0 unspecified atom stereocenters. The Morgan fingerprint density at radius 2 is 2.05 bits per heavy atom. The number of fused-ring (bicyclic) bond motifs is 1. The Morgan fingerprint density at radius 1 is 1.32 bits per heavy atom. The number of rotatable bonds is 5. The first-order chi connectivity index (χ1) is 10.5. The van der Waals surface area contributed by atoms with Crippen molar-refractivity contribution in [3.05, 3.63) is 34.6 Å². The van der Waals surface area contributed by atoms with Gasteiger partial charge in [-0.2, -0.15) is 5.10 Å². The number of carbonyl (C=O) groups is 3. The molecule has 2 heterocycles. The van der Waals surface area contributed by atoms with E-state index >= 15 is 0 Å². The van der Waals surface area contributed by atoms with Gasteiger partial charge in [0.25, 0.3) is 0 Å². The number of aldehydes is 1. The lowest BCUT2D eigenvalue weighted by atomic mass is 10.1. The second kappa shape index (κ2) is 6.38. The maximum atomic E-state index is 12.2. The maximum Gasteiger partial charge on any atom is 0.342 e. The largest absolute Gasteiger partial charge is 0.462 e. The molecule has 0 bridgehead atoms. The van der Waals surface area contributed by atoms with Gasteiger partial charge >= 0.3 is 11.9 Å². The highest BCUT2D eigenvalue weighted by atomic mass is 16.5. The number of esters is 2. The van der Waals surface area contributed by atoms with Crippen LogP contribution in [0.4, 0.5) is 0 Å². The Labute approximate surface area is 126 Å². The van der Waals surface area contributed by atoms with Crippen molar-refractivity contribution in [2.75, 3.05) is 6.61 Å². The van der Waals surface area contributed by atoms with Crippen LogP contribution < -0.4 is 0 Å². The summed E-state index contributed by atoms with van der Waals surface area (Å²) >= 11 is 0. The van der Waals surface area contributed by atoms with Gasteiger partial charge in [-0.05, 0) is 19.9 Å². The zero-order chi connectivity index (χ0) is 16.3. The van der Waals surface area contributed by atoms with Gasteiger partial charge in [0.15, 0.2) is 6.29 Å². The molecule has 0 atom stereocenters. The SMILES string of the molecule is CCOC(=O)c1c(C=O)nn2c(C)ccc(COC(C)=O)c12. The first-order valence-electron chi connectivity index (χ1n) is 6.76. The minimum Gasteiger partial charge on any atom is -0.462 e. The molecule has 116 valence electrons. The zero-order valence-electron chi connectivity index (χ0n) is 12.6. The minimum atomic E-state index is -0.630. The number of ether oxygens (including phenoxy) is 2. The fourth-order valence-corrected chi connectivity index (χ4v) is 2.14. The molecule has 22 heavy (non-hydrogen) atoms. The Kier molecular flexibility index (Phi) is 4.55. The molecule has 0 saturated heterocycles. The van der Waals surface area contributed by atoms with E-state index in [0.717, 1.165) is 5.69 Å². The number of hydrogen-bond acceptors (Lipinski definition) is 6. The number of nitrogens with zero attached hydrogens (tertiary/aromatic N) is 2. The van der Waals surface area contributed by atoms with Gasteiger partial charge in [-0.3, -0.25) is 9.59 Å². The smallest absolute Gasteiger partial charge is 0.342 e. The lowest BCUT2D eigenvalue weighted by Crippen LogP contribution is -2.09. The second-order valence-corrected chi connectivity index (χ2v) is 4.64. The van der Waals surface area contributed by atoms with Crippen LogP contribution in [0.15, 0.2) is 12.1 Å². The van der Waals surface area contributed by atoms with E-state index in [1.54, 1.807) is 26.0 Å². The van der Waals surface area contributed by atoms with Gasteiger partial charge in [-0.1, -0.05) is 6.07 Å². The normalized spacial score (nSPS) is 10.5. The van der Waals surface area contributed by atoms with Crippen molar-refractivity contribution in [2.45, 2.75) is 27.4 Å². The molecule has 0 amide bonds. The average molecular weight is 304 g/mol. The number of aryl methyl sites for hydroxylation is 1. The van der Waals surface area contributed by atoms with E-state index in [1.807, 2.05) is 0 Å². The van der Waals surface area contributed by atoms with Crippen LogP contribution in [0, 0.1) is 6.92 Å². The van der Waals surface area contributed by atoms with E-state index in [0.29, 0.717) is 17.4 Å². The van der Waals surface area contributed by atoms with Crippen molar-refractivity contribution in [3.8, 4) is 0 Å². The molecule has 0 spiro atoms. The quantitative estimate of drug-likeness (QED) is 0.617. The Morgan fingerprint density at radius 3 is 2.64 bits per heavy atom. The third-order valence-electron chi connectivity index (χ3n) is 3.10. The predicted octanol–water partition coefficient (Wildman–Crippen LogP) is 1.70. The monoisotopic (exact) mass is 304 g/mol. The lowest BCUT2D eigenvalue weighted by molar-refractivity contribution is -0.142. The molecule has 0 N–H and O–H groups in total. The van der Waals surface area contributed by atoms with Gasteiger partial charge < -0.3 is 9.47 Å². The molecule has 0 radical (unpaired) electrons. The predicted molar refractivity (Wildman–Crippen MR) is 76.7 cm³/mol. The molecule has 0 aliphatic heterocycles. The molecule has 2 aromatic heterocycles. The van der Waals surface area contributed by atoms with Crippen LogP contribution in [0.3, 0.4) is 0 Å². The first-order valence-corrected chi connectivity index (χ1v) is 6.76. The van der Waals surface area contributed by atoms with Gasteiger partial charge in [0.05, 0.1) is 12.1 Å². The molecule has 2 aromatic rings. The highest BCUT2D eigenvalue weighted by Gasteiger charge is 2.24. The summed E-state index contributed by atoms with van der Waals surface area (Å²) in [5.74, 6) is -1.07. The summed E-state index contributed by atoms with van der Waals surface area (Å²) in [5.41, 5.74) is 1.81.